The number of rotatable bonds is 3. The Labute approximate surface area is 144 Å². The number of benzene rings is 2. The number of carbonyl (C=O) groups is 2. The van der Waals surface area contributed by atoms with Crippen LogP contribution in [0.15, 0.2) is 60.8 Å². The number of pyridine rings is 1. The molecule has 0 fully saturated rings. The van der Waals surface area contributed by atoms with E-state index < -0.39 is 23.9 Å². The zero-order valence-electron chi connectivity index (χ0n) is 13.4. The van der Waals surface area contributed by atoms with Crippen LogP contribution in [0.4, 0.5) is 0 Å². The van der Waals surface area contributed by atoms with Crippen molar-refractivity contribution in [3.63, 3.8) is 0 Å². The van der Waals surface area contributed by atoms with E-state index in [1.165, 1.54) is 0 Å². The topological polar surface area (TPSA) is 82.3 Å². The summed E-state index contributed by atoms with van der Waals surface area (Å²) >= 11 is 0. The lowest BCUT2D eigenvalue weighted by atomic mass is 9.99. The molecule has 1 aliphatic carbocycles. The summed E-state index contributed by atoms with van der Waals surface area (Å²) in [6, 6.07) is 16.6. The van der Waals surface area contributed by atoms with Gasteiger partial charge >= 0.3 is 5.97 Å². The number of aromatic nitrogens is 1. The predicted octanol–water partition coefficient (Wildman–Crippen LogP) is 2.59. The number of esters is 1. The number of ether oxygens (including phenoxy) is 1. The summed E-state index contributed by atoms with van der Waals surface area (Å²) in [5.41, 5.74) is 8.55. The largest absolute Gasteiger partial charge is 0.457 e. The lowest BCUT2D eigenvalue weighted by Gasteiger charge is -2.18. The van der Waals surface area contributed by atoms with Crippen LogP contribution in [0.25, 0.3) is 10.9 Å². The molecule has 1 aliphatic rings. The molecular formula is C20H16N2O3. The summed E-state index contributed by atoms with van der Waals surface area (Å²) in [6.45, 7) is 0. The number of fused-ring (bicyclic) bond motifs is 2. The Morgan fingerprint density at radius 1 is 1.04 bits per heavy atom. The fraction of sp³-hybridized carbons (Fsp3) is 0.150. The van der Waals surface area contributed by atoms with Crippen molar-refractivity contribution >= 4 is 22.8 Å². The van der Waals surface area contributed by atoms with E-state index in [1.54, 1.807) is 12.3 Å². The van der Waals surface area contributed by atoms with E-state index in [2.05, 4.69) is 4.98 Å². The second-order valence-electron chi connectivity index (χ2n) is 6.10. The van der Waals surface area contributed by atoms with Gasteiger partial charge in [0.15, 0.2) is 0 Å². The van der Waals surface area contributed by atoms with Crippen LogP contribution in [0.2, 0.25) is 0 Å². The molecule has 0 aliphatic heterocycles. The highest BCUT2D eigenvalue weighted by Crippen LogP contribution is 2.35. The van der Waals surface area contributed by atoms with Crippen LogP contribution < -0.4 is 5.73 Å². The van der Waals surface area contributed by atoms with Crippen LogP contribution in [-0.4, -0.2) is 23.0 Å². The zero-order valence-corrected chi connectivity index (χ0v) is 13.4. The minimum atomic E-state index is -0.617. The molecule has 3 aromatic rings. The molecule has 2 unspecified atom stereocenters. The van der Waals surface area contributed by atoms with Crippen molar-refractivity contribution in [1.29, 1.82) is 0 Å². The Kier molecular flexibility index (Phi) is 3.69. The monoisotopic (exact) mass is 332 g/mol. The van der Waals surface area contributed by atoms with E-state index in [9.17, 15) is 9.59 Å². The van der Waals surface area contributed by atoms with Gasteiger partial charge in [-0.1, -0.05) is 42.5 Å². The van der Waals surface area contributed by atoms with Crippen molar-refractivity contribution < 1.29 is 14.3 Å². The quantitative estimate of drug-likeness (QED) is 0.747. The number of para-hydroxylation sites is 1. The fourth-order valence-corrected chi connectivity index (χ4v) is 3.48. The van der Waals surface area contributed by atoms with Gasteiger partial charge < -0.3 is 10.5 Å². The number of amides is 1. The van der Waals surface area contributed by atoms with Gasteiger partial charge in [0.2, 0.25) is 5.91 Å². The van der Waals surface area contributed by atoms with Gasteiger partial charge in [0, 0.05) is 18.0 Å². The van der Waals surface area contributed by atoms with Crippen LogP contribution in [0.1, 0.15) is 27.4 Å². The van der Waals surface area contributed by atoms with E-state index in [0.717, 1.165) is 22.0 Å². The molecule has 2 N–H and O–H groups in total. The maximum atomic E-state index is 12.7. The van der Waals surface area contributed by atoms with E-state index in [0.29, 0.717) is 12.0 Å². The first-order valence-electron chi connectivity index (χ1n) is 8.07. The Morgan fingerprint density at radius 3 is 2.64 bits per heavy atom. The van der Waals surface area contributed by atoms with Crippen molar-refractivity contribution in [1.82, 2.24) is 4.98 Å². The van der Waals surface area contributed by atoms with E-state index in [-0.39, 0.29) is 0 Å². The third kappa shape index (κ3) is 2.63. The van der Waals surface area contributed by atoms with E-state index >= 15 is 0 Å². The molecule has 0 saturated carbocycles. The first-order valence-corrected chi connectivity index (χ1v) is 8.07. The molecule has 2 aromatic carbocycles. The summed E-state index contributed by atoms with van der Waals surface area (Å²) < 4.78 is 5.69. The molecule has 5 heteroatoms. The van der Waals surface area contributed by atoms with Crippen molar-refractivity contribution in [2.45, 2.75) is 18.4 Å². The number of nitrogens with zero attached hydrogens (tertiary/aromatic N) is 1. The van der Waals surface area contributed by atoms with Crippen molar-refractivity contribution in [2.24, 2.45) is 5.73 Å². The molecule has 0 spiro atoms. The summed E-state index contributed by atoms with van der Waals surface area (Å²) in [5, 5.41) is 0.723. The second-order valence-corrected chi connectivity index (χ2v) is 6.10. The maximum absolute atomic E-state index is 12.7. The molecular weight excluding hydrogens is 316 g/mol. The molecule has 1 heterocycles. The van der Waals surface area contributed by atoms with Crippen LogP contribution >= 0.6 is 0 Å². The average molecular weight is 332 g/mol. The standard InChI is InChI=1S/C20H16N2O3/c21-19(23)18-13-6-2-1-5-12(13)11-17(18)25-20(24)15-9-10-22-16-8-4-3-7-14(15)16/h1-10,17-18H,11H2,(H2,21,23). The smallest absolute Gasteiger partial charge is 0.339 e. The molecule has 124 valence electrons. The van der Waals surface area contributed by atoms with Gasteiger partial charge in [-0.25, -0.2) is 4.79 Å². The van der Waals surface area contributed by atoms with Crippen LogP contribution in [-0.2, 0) is 16.0 Å². The molecule has 0 bridgehead atoms. The highest BCUT2D eigenvalue weighted by atomic mass is 16.5. The third-order valence-corrected chi connectivity index (χ3v) is 4.62. The van der Waals surface area contributed by atoms with Crippen LogP contribution in [0.3, 0.4) is 0 Å². The Hall–Kier alpha value is -3.21. The normalized spacial score (nSPS) is 18.7. The summed E-state index contributed by atoms with van der Waals surface area (Å²) in [5.74, 6) is -1.57. The molecule has 1 amide bonds. The molecule has 0 radical (unpaired) electrons. The maximum Gasteiger partial charge on any atom is 0.339 e. The number of hydrogen-bond donors (Lipinski definition) is 1. The molecule has 2 atom stereocenters. The minimum Gasteiger partial charge on any atom is -0.457 e. The van der Waals surface area contributed by atoms with Gasteiger partial charge in [-0.05, 0) is 23.3 Å². The lowest BCUT2D eigenvalue weighted by Crippen LogP contribution is -2.32. The van der Waals surface area contributed by atoms with Gasteiger partial charge in [0.25, 0.3) is 0 Å². The number of nitrogens with two attached hydrogens (primary N) is 1. The highest BCUT2D eigenvalue weighted by molar-refractivity contribution is 6.03. The molecule has 4 rings (SSSR count). The van der Waals surface area contributed by atoms with Crippen LogP contribution in [0, 0.1) is 0 Å². The fourth-order valence-electron chi connectivity index (χ4n) is 3.48. The highest BCUT2D eigenvalue weighted by Gasteiger charge is 2.39. The summed E-state index contributed by atoms with van der Waals surface area (Å²) in [6.07, 6.45) is 1.47. The SMILES string of the molecule is NC(=O)C1c2ccccc2CC1OC(=O)c1ccnc2ccccc12. The molecule has 5 nitrogen and oxygen atoms in total. The number of hydrogen-bond acceptors (Lipinski definition) is 4. The van der Waals surface area contributed by atoms with E-state index in [1.807, 2.05) is 48.5 Å². The van der Waals surface area contributed by atoms with Gasteiger partial charge in [0.05, 0.1) is 11.1 Å². The van der Waals surface area contributed by atoms with Gasteiger partial charge in [-0.2, -0.15) is 0 Å². The van der Waals surface area contributed by atoms with Crippen molar-refractivity contribution in [3.05, 3.63) is 77.5 Å². The van der Waals surface area contributed by atoms with Gasteiger partial charge in [-0.15, -0.1) is 0 Å². The van der Waals surface area contributed by atoms with Gasteiger partial charge in [0.1, 0.15) is 12.0 Å². The Morgan fingerprint density at radius 2 is 1.80 bits per heavy atom. The summed E-state index contributed by atoms with van der Waals surface area (Å²) in [4.78, 5) is 28.9. The first kappa shape index (κ1) is 15.3. The van der Waals surface area contributed by atoms with Crippen molar-refractivity contribution in [2.75, 3.05) is 0 Å². The third-order valence-electron chi connectivity index (χ3n) is 4.62. The van der Waals surface area contributed by atoms with Gasteiger partial charge in [-0.3, -0.25) is 9.78 Å². The predicted molar refractivity (Wildman–Crippen MR) is 93.0 cm³/mol. The molecule has 25 heavy (non-hydrogen) atoms. The minimum absolute atomic E-state index is 0.435. The summed E-state index contributed by atoms with van der Waals surface area (Å²) in [7, 11) is 0. The Bertz CT molecular complexity index is 978. The first-order chi connectivity index (χ1) is 12.1. The average Bonchev–Trinajstić information content (AvgIpc) is 2.99. The van der Waals surface area contributed by atoms with Crippen LogP contribution in [0.5, 0.6) is 0 Å². The number of carbonyl (C=O) groups excluding carboxylic acids is 2. The van der Waals surface area contributed by atoms with Crippen molar-refractivity contribution in [3.8, 4) is 0 Å². The van der Waals surface area contributed by atoms with E-state index in [4.69, 9.17) is 10.5 Å². The number of primary amides is 1. The molecule has 0 saturated heterocycles. The Balaban J connectivity index is 1.66. The lowest BCUT2D eigenvalue weighted by molar-refractivity contribution is -0.121. The molecule has 1 aromatic heterocycles. The zero-order chi connectivity index (χ0) is 17.4. The second kappa shape index (κ2) is 6.02.